The molecular formula is C14H19FN2O2. The van der Waals surface area contributed by atoms with E-state index in [1.807, 2.05) is 0 Å². The summed E-state index contributed by atoms with van der Waals surface area (Å²) in [5.74, 6) is -0.677. The van der Waals surface area contributed by atoms with Crippen LogP contribution >= 0.6 is 0 Å². The van der Waals surface area contributed by atoms with Gasteiger partial charge in [-0.05, 0) is 24.8 Å². The van der Waals surface area contributed by atoms with Crippen molar-refractivity contribution in [1.29, 1.82) is 0 Å². The van der Waals surface area contributed by atoms with Gasteiger partial charge in [0.05, 0.1) is 23.9 Å². The van der Waals surface area contributed by atoms with Crippen molar-refractivity contribution in [3.8, 4) is 0 Å². The van der Waals surface area contributed by atoms with Crippen LogP contribution in [0.5, 0.6) is 0 Å². The molecule has 4 nitrogen and oxygen atoms in total. The van der Waals surface area contributed by atoms with Crippen molar-refractivity contribution in [3.63, 3.8) is 0 Å². The van der Waals surface area contributed by atoms with Crippen molar-refractivity contribution >= 4 is 5.91 Å². The lowest BCUT2D eigenvalue weighted by Gasteiger charge is -2.39. The van der Waals surface area contributed by atoms with Crippen LogP contribution in [0.4, 0.5) is 4.39 Å². The first-order valence-corrected chi connectivity index (χ1v) is 6.59. The summed E-state index contributed by atoms with van der Waals surface area (Å²) in [6, 6.07) is 1.35. The van der Waals surface area contributed by atoms with Crippen LogP contribution < -0.4 is 5.32 Å². The van der Waals surface area contributed by atoms with Crippen LogP contribution in [-0.4, -0.2) is 28.1 Å². The SMILES string of the molecule is CC1CCCC(CO)(NC(=O)c2ccncc2F)C1. The molecule has 1 aromatic heterocycles. The van der Waals surface area contributed by atoms with E-state index in [4.69, 9.17) is 0 Å². The van der Waals surface area contributed by atoms with Gasteiger partial charge in [0, 0.05) is 6.20 Å². The number of aliphatic hydroxyl groups excluding tert-OH is 1. The topological polar surface area (TPSA) is 62.2 Å². The normalized spacial score (nSPS) is 27.0. The smallest absolute Gasteiger partial charge is 0.254 e. The minimum atomic E-state index is -0.642. The molecule has 2 unspecified atom stereocenters. The van der Waals surface area contributed by atoms with E-state index in [1.165, 1.54) is 12.3 Å². The number of aliphatic hydroxyl groups is 1. The molecule has 1 fully saturated rings. The highest BCUT2D eigenvalue weighted by atomic mass is 19.1. The van der Waals surface area contributed by atoms with Crippen molar-refractivity contribution in [2.75, 3.05) is 6.61 Å². The largest absolute Gasteiger partial charge is 0.394 e. The fraction of sp³-hybridized carbons (Fsp3) is 0.571. The van der Waals surface area contributed by atoms with E-state index < -0.39 is 17.3 Å². The molecule has 0 aliphatic heterocycles. The Bertz CT molecular complexity index is 467. The second kappa shape index (κ2) is 5.65. The van der Waals surface area contributed by atoms with Gasteiger partial charge in [-0.1, -0.05) is 19.8 Å². The van der Waals surface area contributed by atoms with Gasteiger partial charge in [-0.25, -0.2) is 4.39 Å². The summed E-state index contributed by atoms with van der Waals surface area (Å²) in [4.78, 5) is 15.7. The minimum absolute atomic E-state index is 0.0268. The molecule has 19 heavy (non-hydrogen) atoms. The fourth-order valence-electron chi connectivity index (χ4n) is 2.82. The third kappa shape index (κ3) is 3.10. The summed E-state index contributed by atoms with van der Waals surface area (Å²) < 4.78 is 13.5. The number of nitrogens with zero attached hydrogens (tertiary/aromatic N) is 1. The van der Waals surface area contributed by atoms with Crippen LogP contribution in [0.2, 0.25) is 0 Å². The molecule has 1 aliphatic rings. The molecule has 2 atom stereocenters. The molecule has 0 bridgehead atoms. The van der Waals surface area contributed by atoms with Gasteiger partial charge in [0.2, 0.25) is 0 Å². The summed E-state index contributed by atoms with van der Waals surface area (Å²) >= 11 is 0. The molecule has 1 amide bonds. The lowest BCUT2D eigenvalue weighted by molar-refractivity contribution is 0.0693. The molecule has 0 aromatic carbocycles. The molecule has 1 heterocycles. The highest BCUT2D eigenvalue weighted by Gasteiger charge is 2.36. The number of halogens is 1. The number of aromatic nitrogens is 1. The van der Waals surface area contributed by atoms with Gasteiger partial charge in [0.1, 0.15) is 0 Å². The third-order valence-corrected chi connectivity index (χ3v) is 3.79. The van der Waals surface area contributed by atoms with Crippen LogP contribution in [0, 0.1) is 11.7 Å². The van der Waals surface area contributed by atoms with Gasteiger partial charge in [0.25, 0.3) is 5.91 Å². The predicted octanol–water partition coefficient (Wildman–Crippen LogP) is 1.89. The van der Waals surface area contributed by atoms with E-state index in [1.54, 1.807) is 0 Å². The van der Waals surface area contributed by atoms with E-state index in [0.29, 0.717) is 5.92 Å². The second-order valence-electron chi connectivity index (χ2n) is 5.45. The monoisotopic (exact) mass is 266 g/mol. The zero-order valence-electron chi connectivity index (χ0n) is 11.0. The van der Waals surface area contributed by atoms with Crippen molar-refractivity contribution in [3.05, 3.63) is 29.8 Å². The quantitative estimate of drug-likeness (QED) is 0.878. The van der Waals surface area contributed by atoms with Gasteiger partial charge in [-0.2, -0.15) is 0 Å². The zero-order chi connectivity index (χ0) is 13.9. The van der Waals surface area contributed by atoms with Gasteiger partial charge < -0.3 is 10.4 Å². The maximum Gasteiger partial charge on any atom is 0.254 e. The summed E-state index contributed by atoms with van der Waals surface area (Å²) in [5, 5.41) is 12.4. The summed E-state index contributed by atoms with van der Waals surface area (Å²) in [6.07, 6.45) is 5.91. The average Bonchev–Trinajstić information content (AvgIpc) is 2.39. The number of carbonyl (C=O) groups excluding carboxylic acids is 1. The molecule has 1 saturated carbocycles. The van der Waals surface area contributed by atoms with Gasteiger partial charge in [-0.15, -0.1) is 0 Å². The van der Waals surface area contributed by atoms with Crippen molar-refractivity contribution in [1.82, 2.24) is 10.3 Å². The molecule has 0 saturated heterocycles. The fourth-order valence-corrected chi connectivity index (χ4v) is 2.82. The summed E-state index contributed by atoms with van der Waals surface area (Å²) in [6.45, 7) is 1.98. The molecule has 2 rings (SSSR count). The maximum absolute atomic E-state index is 13.5. The van der Waals surface area contributed by atoms with E-state index in [-0.39, 0.29) is 12.2 Å². The van der Waals surface area contributed by atoms with E-state index in [0.717, 1.165) is 31.9 Å². The zero-order valence-corrected chi connectivity index (χ0v) is 11.0. The predicted molar refractivity (Wildman–Crippen MR) is 69.1 cm³/mol. The molecule has 0 radical (unpaired) electrons. The molecule has 0 spiro atoms. The van der Waals surface area contributed by atoms with Crippen LogP contribution in [0.15, 0.2) is 18.5 Å². The maximum atomic E-state index is 13.5. The number of rotatable bonds is 3. The van der Waals surface area contributed by atoms with Crippen LogP contribution in [-0.2, 0) is 0 Å². The Morgan fingerprint density at radius 2 is 2.47 bits per heavy atom. The van der Waals surface area contributed by atoms with Crippen LogP contribution in [0.3, 0.4) is 0 Å². The van der Waals surface area contributed by atoms with E-state index in [9.17, 15) is 14.3 Å². The Balaban J connectivity index is 2.14. The summed E-state index contributed by atoms with van der Waals surface area (Å²) in [5.41, 5.74) is -0.647. The first kappa shape index (κ1) is 13.9. The Labute approximate surface area is 112 Å². The Morgan fingerprint density at radius 1 is 1.68 bits per heavy atom. The molecular weight excluding hydrogens is 247 g/mol. The number of amides is 1. The van der Waals surface area contributed by atoms with Crippen LogP contribution in [0.25, 0.3) is 0 Å². The van der Waals surface area contributed by atoms with Gasteiger partial charge >= 0.3 is 0 Å². The standard InChI is InChI=1S/C14H19FN2O2/c1-10-3-2-5-14(7-10,9-18)17-13(19)11-4-6-16-8-12(11)15/h4,6,8,10,18H,2-3,5,7,9H2,1H3,(H,17,19). The molecule has 1 aromatic rings. The minimum Gasteiger partial charge on any atom is -0.394 e. The highest BCUT2D eigenvalue weighted by molar-refractivity contribution is 5.94. The molecule has 1 aliphatic carbocycles. The Hall–Kier alpha value is -1.49. The molecule has 2 N–H and O–H groups in total. The van der Waals surface area contributed by atoms with Gasteiger partial charge in [-0.3, -0.25) is 9.78 Å². The van der Waals surface area contributed by atoms with Crippen LogP contribution in [0.1, 0.15) is 43.0 Å². The number of pyridine rings is 1. The van der Waals surface area contributed by atoms with Gasteiger partial charge in [0.15, 0.2) is 5.82 Å². The Kier molecular flexibility index (Phi) is 4.14. The first-order chi connectivity index (χ1) is 9.06. The van der Waals surface area contributed by atoms with E-state index in [2.05, 4.69) is 17.2 Å². The molecule has 104 valence electrons. The average molecular weight is 266 g/mol. The lowest BCUT2D eigenvalue weighted by atomic mass is 9.76. The lowest BCUT2D eigenvalue weighted by Crippen LogP contribution is -2.54. The van der Waals surface area contributed by atoms with Crippen molar-refractivity contribution in [2.45, 2.75) is 38.1 Å². The number of hydrogen-bond donors (Lipinski definition) is 2. The summed E-state index contributed by atoms with van der Waals surface area (Å²) in [7, 11) is 0. The third-order valence-electron chi connectivity index (χ3n) is 3.79. The number of hydrogen-bond acceptors (Lipinski definition) is 3. The van der Waals surface area contributed by atoms with Crippen molar-refractivity contribution < 1.29 is 14.3 Å². The first-order valence-electron chi connectivity index (χ1n) is 6.59. The number of nitrogens with one attached hydrogen (secondary N) is 1. The number of carbonyl (C=O) groups is 1. The van der Waals surface area contributed by atoms with E-state index >= 15 is 0 Å². The van der Waals surface area contributed by atoms with Crippen molar-refractivity contribution in [2.24, 2.45) is 5.92 Å². The second-order valence-corrected chi connectivity index (χ2v) is 5.45. The Morgan fingerprint density at radius 3 is 3.11 bits per heavy atom. The highest BCUT2D eigenvalue weighted by Crippen LogP contribution is 2.32. The molecule has 5 heteroatoms.